The topological polar surface area (TPSA) is 37.4 Å². The second-order valence-electron chi connectivity index (χ2n) is 4.33. The predicted molar refractivity (Wildman–Crippen MR) is 54.8 cm³/mol. The second-order valence-corrected chi connectivity index (χ2v) is 4.69. The number of aldehydes is 1. The van der Waals surface area contributed by atoms with Crippen LogP contribution in [0.1, 0.15) is 33.6 Å². The van der Waals surface area contributed by atoms with Crippen molar-refractivity contribution in [3.8, 4) is 0 Å². The number of rotatable bonds is 1. The maximum absolute atomic E-state index is 11.6. The van der Waals surface area contributed by atoms with E-state index in [-0.39, 0.29) is 16.6 Å². The van der Waals surface area contributed by atoms with Gasteiger partial charge < -0.3 is 0 Å². The molecule has 0 aromatic rings. The molecule has 0 atom stereocenters. The minimum absolute atomic E-state index is 0.0203. The highest BCUT2D eigenvalue weighted by Gasteiger charge is 2.33. The van der Waals surface area contributed by atoms with Crippen LogP contribution < -0.4 is 0 Å². The van der Waals surface area contributed by atoms with Crippen LogP contribution >= 0.6 is 11.6 Å². The number of amides is 1. The number of halogens is 1. The summed E-state index contributed by atoms with van der Waals surface area (Å²) in [5.41, 5.74) is 0.143. The molecule has 1 heterocycles. The van der Waals surface area contributed by atoms with Crippen molar-refractivity contribution in [1.82, 2.24) is 4.90 Å². The minimum atomic E-state index is -0.372. The molecular formula is C10H14ClNO2. The van der Waals surface area contributed by atoms with Gasteiger partial charge in [-0.25, -0.2) is 0 Å². The van der Waals surface area contributed by atoms with Crippen LogP contribution in [0.3, 0.4) is 0 Å². The average molecular weight is 216 g/mol. The molecule has 1 aliphatic heterocycles. The van der Waals surface area contributed by atoms with Crippen molar-refractivity contribution >= 4 is 23.8 Å². The molecule has 0 aliphatic carbocycles. The predicted octanol–water partition coefficient (Wildman–Crippen LogP) is 2.06. The van der Waals surface area contributed by atoms with Gasteiger partial charge in [0.05, 0.1) is 0 Å². The molecule has 1 rings (SSSR count). The van der Waals surface area contributed by atoms with E-state index in [4.69, 9.17) is 11.6 Å². The summed E-state index contributed by atoms with van der Waals surface area (Å²) in [5.74, 6) is -0.0203. The molecule has 1 aliphatic rings. The number of hydrogen-bond acceptors (Lipinski definition) is 2. The highest BCUT2D eigenvalue weighted by atomic mass is 35.5. The van der Waals surface area contributed by atoms with Gasteiger partial charge in [0.15, 0.2) is 0 Å². The monoisotopic (exact) mass is 215 g/mol. The van der Waals surface area contributed by atoms with Crippen LogP contribution in [0.4, 0.5) is 0 Å². The summed E-state index contributed by atoms with van der Waals surface area (Å²) >= 11 is 5.98. The van der Waals surface area contributed by atoms with E-state index in [0.717, 1.165) is 6.29 Å². The zero-order chi connectivity index (χ0) is 10.9. The van der Waals surface area contributed by atoms with E-state index in [1.165, 1.54) is 4.90 Å². The fraction of sp³-hybridized carbons (Fsp3) is 0.600. The molecule has 78 valence electrons. The lowest BCUT2D eigenvalue weighted by atomic mass is 10.0. The molecular weight excluding hydrogens is 202 g/mol. The average Bonchev–Trinajstić information content (AvgIpc) is 2.02. The highest BCUT2D eigenvalue weighted by Crippen LogP contribution is 2.31. The van der Waals surface area contributed by atoms with Gasteiger partial charge >= 0.3 is 0 Å². The first-order valence-electron chi connectivity index (χ1n) is 4.55. The molecule has 0 N–H and O–H groups in total. The molecule has 0 fully saturated rings. The van der Waals surface area contributed by atoms with Crippen LogP contribution in [0.15, 0.2) is 10.7 Å². The summed E-state index contributed by atoms with van der Waals surface area (Å²) in [6, 6.07) is 0. The normalized spacial score (nSPS) is 18.9. The van der Waals surface area contributed by atoms with E-state index in [1.54, 1.807) is 0 Å². The van der Waals surface area contributed by atoms with E-state index in [0.29, 0.717) is 18.4 Å². The lowest BCUT2D eigenvalue weighted by molar-refractivity contribution is -0.133. The lowest BCUT2D eigenvalue weighted by Crippen LogP contribution is -2.45. The van der Waals surface area contributed by atoms with Gasteiger partial charge in [0.2, 0.25) is 5.91 Å². The largest absolute Gasteiger partial charge is 0.298 e. The molecule has 0 radical (unpaired) electrons. The Morgan fingerprint density at radius 1 is 1.36 bits per heavy atom. The van der Waals surface area contributed by atoms with Crippen LogP contribution in [0.25, 0.3) is 0 Å². The maximum atomic E-state index is 11.6. The Bertz CT molecular complexity index is 302. The molecule has 0 aromatic carbocycles. The Morgan fingerprint density at radius 2 is 1.93 bits per heavy atom. The standard InChI is InChI=1S/C10H14ClNO2/c1-10(2,3)12-8(14)5-4-7(6-13)9(12)11/h6H,4-5H2,1-3H3. The zero-order valence-corrected chi connectivity index (χ0v) is 9.39. The molecule has 0 spiro atoms. The zero-order valence-electron chi connectivity index (χ0n) is 8.63. The SMILES string of the molecule is CC(C)(C)N1C(=O)CCC(C=O)=C1Cl. The third-order valence-electron chi connectivity index (χ3n) is 2.13. The van der Waals surface area contributed by atoms with E-state index < -0.39 is 0 Å². The first-order chi connectivity index (χ1) is 6.38. The van der Waals surface area contributed by atoms with Crippen molar-refractivity contribution < 1.29 is 9.59 Å². The Labute approximate surface area is 88.7 Å². The molecule has 0 saturated carbocycles. The van der Waals surface area contributed by atoms with Gasteiger partial charge in [-0.3, -0.25) is 14.5 Å². The molecule has 1 amide bonds. The fourth-order valence-corrected chi connectivity index (χ4v) is 1.97. The summed E-state index contributed by atoms with van der Waals surface area (Å²) in [4.78, 5) is 23.8. The number of allylic oxidation sites excluding steroid dienone is 1. The van der Waals surface area contributed by atoms with Crippen LogP contribution in [-0.4, -0.2) is 22.6 Å². The van der Waals surface area contributed by atoms with E-state index in [9.17, 15) is 9.59 Å². The summed E-state index contributed by atoms with van der Waals surface area (Å²) in [5, 5.41) is 0.281. The fourth-order valence-electron chi connectivity index (χ4n) is 1.49. The van der Waals surface area contributed by atoms with Gasteiger partial charge in [-0.15, -0.1) is 0 Å². The quantitative estimate of drug-likeness (QED) is 0.496. The van der Waals surface area contributed by atoms with Crippen molar-refractivity contribution in [1.29, 1.82) is 0 Å². The number of carbonyl (C=O) groups excluding carboxylic acids is 2. The van der Waals surface area contributed by atoms with E-state index >= 15 is 0 Å². The van der Waals surface area contributed by atoms with E-state index in [2.05, 4.69) is 0 Å². The van der Waals surface area contributed by atoms with Crippen molar-refractivity contribution in [2.45, 2.75) is 39.2 Å². The number of nitrogens with zero attached hydrogens (tertiary/aromatic N) is 1. The Hall–Kier alpha value is -0.830. The Kier molecular flexibility index (Phi) is 3.00. The van der Waals surface area contributed by atoms with Gasteiger partial charge in [0.25, 0.3) is 0 Å². The van der Waals surface area contributed by atoms with Crippen LogP contribution in [-0.2, 0) is 9.59 Å². The Balaban J connectivity index is 3.13. The van der Waals surface area contributed by atoms with Crippen molar-refractivity contribution in [3.63, 3.8) is 0 Å². The molecule has 0 aromatic heterocycles. The second kappa shape index (κ2) is 3.73. The third kappa shape index (κ3) is 1.98. The van der Waals surface area contributed by atoms with Crippen molar-refractivity contribution in [3.05, 3.63) is 10.7 Å². The summed E-state index contributed by atoms with van der Waals surface area (Å²) in [6.07, 6.45) is 1.54. The highest BCUT2D eigenvalue weighted by molar-refractivity contribution is 6.32. The lowest BCUT2D eigenvalue weighted by Gasteiger charge is -2.38. The van der Waals surface area contributed by atoms with E-state index in [1.807, 2.05) is 20.8 Å². The summed E-state index contributed by atoms with van der Waals surface area (Å²) in [7, 11) is 0. The first-order valence-corrected chi connectivity index (χ1v) is 4.92. The minimum Gasteiger partial charge on any atom is -0.298 e. The first kappa shape index (κ1) is 11.2. The van der Waals surface area contributed by atoms with Crippen LogP contribution in [0.5, 0.6) is 0 Å². The van der Waals surface area contributed by atoms with Crippen molar-refractivity contribution in [2.24, 2.45) is 0 Å². The van der Waals surface area contributed by atoms with Gasteiger partial charge in [0, 0.05) is 17.5 Å². The van der Waals surface area contributed by atoms with Crippen LogP contribution in [0, 0.1) is 0 Å². The number of carbonyl (C=O) groups is 2. The molecule has 4 heteroatoms. The maximum Gasteiger partial charge on any atom is 0.228 e. The molecule has 0 saturated heterocycles. The van der Waals surface area contributed by atoms with Gasteiger partial charge in [0.1, 0.15) is 11.4 Å². The molecule has 0 unspecified atom stereocenters. The van der Waals surface area contributed by atoms with Crippen molar-refractivity contribution in [2.75, 3.05) is 0 Å². The van der Waals surface area contributed by atoms with Gasteiger partial charge in [-0.1, -0.05) is 11.6 Å². The van der Waals surface area contributed by atoms with Gasteiger partial charge in [-0.05, 0) is 27.2 Å². The molecule has 14 heavy (non-hydrogen) atoms. The van der Waals surface area contributed by atoms with Crippen LogP contribution in [0.2, 0.25) is 0 Å². The number of hydrogen-bond donors (Lipinski definition) is 0. The Morgan fingerprint density at radius 3 is 2.36 bits per heavy atom. The van der Waals surface area contributed by atoms with Gasteiger partial charge in [-0.2, -0.15) is 0 Å². The third-order valence-corrected chi connectivity index (χ3v) is 2.54. The molecule has 0 bridgehead atoms. The molecule has 3 nitrogen and oxygen atoms in total. The smallest absolute Gasteiger partial charge is 0.228 e. The summed E-state index contributed by atoms with van der Waals surface area (Å²) < 4.78 is 0. The summed E-state index contributed by atoms with van der Waals surface area (Å²) in [6.45, 7) is 5.67.